The zero-order chi connectivity index (χ0) is 19.6. The van der Waals surface area contributed by atoms with Crippen LogP contribution in [-0.4, -0.2) is 28.1 Å². The van der Waals surface area contributed by atoms with E-state index in [0.29, 0.717) is 23.8 Å². The van der Waals surface area contributed by atoms with Gasteiger partial charge in [0.25, 0.3) is 0 Å². The van der Waals surface area contributed by atoms with Gasteiger partial charge in [-0.3, -0.25) is 4.79 Å². The van der Waals surface area contributed by atoms with Gasteiger partial charge in [0.05, 0.1) is 17.6 Å². The minimum absolute atomic E-state index is 0.0454. The summed E-state index contributed by atoms with van der Waals surface area (Å²) in [5.41, 5.74) is 0.732. The topological polar surface area (TPSA) is 40.5 Å². The Morgan fingerprint density at radius 1 is 1.33 bits per heavy atom. The summed E-state index contributed by atoms with van der Waals surface area (Å²) in [6.07, 6.45) is 7.76. The van der Waals surface area contributed by atoms with E-state index in [0.717, 1.165) is 37.7 Å². The Morgan fingerprint density at radius 2 is 2.00 bits per heavy atom. The van der Waals surface area contributed by atoms with Crippen LogP contribution in [0.5, 0.6) is 0 Å². The molecule has 1 amide bonds. The van der Waals surface area contributed by atoms with E-state index in [2.05, 4.69) is 25.3 Å². The molecule has 0 aromatic heterocycles. The summed E-state index contributed by atoms with van der Waals surface area (Å²) in [7, 11) is 0. The van der Waals surface area contributed by atoms with Crippen LogP contribution in [0.25, 0.3) is 0 Å². The molecule has 148 valence electrons. The van der Waals surface area contributed by atoms with Crippen molar-refractivity contribution in [2.24, 2.45) is 11.3 Å². The predicted octanol–water partition coefficient (Wildman–Crippen LogP) is 5.53. The number of benzene rings is 1. The van der Waals surface area contributed by atoms with E-state index in [9.17, 15) is 9.90 Å². The zero-order valence-corrected chi connectivity index (χ0v) is 17.3. The highest BCUT2D eigenvalue weighted by molar-refractivity contribution is 6.30. The minimum atomic E-state index is -0.400. The Bertz CT molecular complexity index is 669. The predicted molar refractivity (Wildman–Crippen MR) is 111 cm³/mol. The van der Waals surface area contributed by atoms with E-state index in [1.807, 2.05) is 30.3 Å². The van der Waals surface area contributed by atoms with Crippen LogP contribution in [0.2, 0.25) is 5.02 Å². The lowest BCUT2D eigenvalue weighted by Gasteiger charge is -2.48. The molecule has 0 spiro atoms. The van der Waals surface area contributed by atoms with Crippen molar-refractivity contribution in [3.8, 4) is 0 Å². The number of carbonyl (C=O) groups excluding carboxylic acids is 1. The van der Waals surface area contributed by atoms with Crippen molar-refractivity contribution in [3.05, 3.63) is 47.5 Å². The van der Waals surface area contributed by atoms with Crippen molar-refractivity contribution in [1.29, 1.82) is 0 Å². The Hall–Kier alpha value is -1.32. The number of aliphatic hydroxyl groups is 1. The van der Waals surface area contributed by atoms with Crippen LogP contribution in [0.15, 0.2) is 36.9 Å². The molecule has 2 fully saturated rings. The fourth-order valence-electron chi connectivity index (χ4n) is 4.52. The fourth-order valence-corrected chi connectivity index (χ4v) is 4.65. The summed E-state index contributed by atoms with van der Waals surface area (Å²) in [6.45, 7) is 8.05. The van der Waals surface area contributed by atoms with E-state index >= 15 is 0 Å². The molecule has 1 saturated heterocycles. The van der Waals surface area contributed by atoms with Crippen LogP contribution in [-0.2, 0) is 4.79 Å². The van der Waals surface area contributed by atoms with Crippen molar-refractivity contribution < 1.29 is 9.90 Å². The molecule has 0 bridgehead atoms. The van der Waals surface area contributed by atoms with Gasteiger partial charge in [0.15, 0.2) is 0 Å². The lowest BCUT2D eigenvalue weighted by atomic mass is 9.74. The summed E-state index contributed by atoms with van der Waals surface area (Å²) < 4.78 is 0. The van der Waals surface area contributed by atoms with E-state index in [1.54, 1.807) is 0 Å². The molecule has 2 aliphatic rings. The molecule has 3 nitrogen and oxygen atoms in total. The van der Waals surface area contributed by atoms with Crippen LogP contribution in [0.3, 0.4) is 0 Å². The summed E-state index contributed by atoms with van der Waals surface area (Å²) in [5.74, 6) is 0.621. The highest BCUT2D eigenvalue weighted by Crippen LogP contribution is 2.45. The molecular weight excluding hydrogens is 358 g/mol. The van der Waals surface area contributed by atoms with Crippen molar-refractivity contribution in [1.82, 2.24) is 4.90 Å². The molecule has 1 heterocycles. The number of likely N-dealkylation sites (tertiary alicyclic amines) is 1. The lowest BCUT2D eigenvalue weighted by Crippen LogP contribution is -2.53. The van der Waals surface area contributed by atoms with Gasteiger partial charge in [-0.25, -0.2) is 0 Å². The first kappa shape index (κ1) is 20.4. The summed E-state index contributed by atoms with van der Waals surface area (Å²) in [5, 5.41) is 11.3. The van der Waals surface area contributed by atoms with E-state index in [1.165, 1.54) is 0 Å². The number of amides is 1. The average Bonchev–Trinajstić information content (AvgIpc) is 3.49. The van der Waals surface area contributed by atoms with Gasteiger partial charge in [-0.1, -0.05) is 43.7 Å². The first-order valence-corrected chi connectivity index (χ1v) is 10.6. The summed E-state index contributed by atoms with van der Waals surface area (Å²) in [4.78, 5) is 15.7. The third-order valence-corrected chi connectivity index (χ3v) is 6.70. The molecule has 4 atom stereocenters. The van der Waals surface area contributed by atoms with E-state index < -0.39 is 5.41 Å². The van der Waals surface area contributed by atoms with E-state index in [-0.39, 0.29) is 24.1 Å². The molecule has 0 radical (unpaired) electrons. The molecule has 27 heavy (non-hydrogen) atoms. The van der Waals surface area contributed by atoms with Crippen molar-refractivity contribution in [3.63, 3.8) is 0 Å². The van der Waals surface area contributed by atoms with Gasteiger partial charge in [0.1, 0.15) is 0 Å². The van der Waals surface area contributed by atoms with Gasteiger partial charge in [0.2, 0.25) is 5.91 Å². The Labute approximate surface area is 168 Å². The maximum absolute atomic E-state index is 13.6. The quantitative estimate of drug-likeness (QED) is 0.594. The normalized spacial score (nSPS) is 28.1. The SMILES string of the molecule is C=CC[C@@]1(C)CCC(c2ccc(Cl)cc2)N(C(CC)CC(O)C2CC2)C1=O. The smallest absolute Gasteiger partial charge is 0.229 e. The largest absolute Gasteiger partial charge is 0.393 e. The highest BCUT2D eigenvalue weighted by atomic mass is 35.5. The Morgan fingerprint density at radius 3 is 2.56 bits per heavy atom. The van der Waals surface area contributed by atoms with Crippen LogP contribution in [0.4, 0.5) is 0 Å². The number of nitrogens with zero attached hydrogens (tertiary/aromatic N) is 1. The van der Waals surface area contributed by atoms with Crippen molar-refractivity contribution in [2.45, 2.75) is 77.0 Å². The third-order valence-electron chi connectivity index (χ3n) is 6.45. The van der Waals surface area contributed by atoms with Crippen LogP contribution < -0.4 is 0 Å². The van der Waals surface area contributed by atoms with Crippen molar-refractivity contribution >= 4 is 17.5 Å². The van der Waals surface area contributed by atoms with Gasteiger partial charge in [-0.05, 0) is 68.6 Å². The second-order valence-corrected chi connectivity index (χ2v) is 9.01. The fraction of sp³-hybridized carbons (Fsp3) is 0.609. The van der Waals surface area contributed by atoms with Gasteiger partial charge < -0.3 is 10.0 Å². The molecule has 1 saturated carbocycles. The van der Waals surface area contributed by atoms with Gasteiger partial charge >= 0.3 is 0 Å². The number of hydrogen-bond acceptors (Lipinski definition) is 2. The molecular formula is C23H32ClNO2. The van der Waals surface area contributed by atoms with Gasteiger partial charge in [-0.2, -0.15) is 0 Å². The average molecular weight is 390 g/mol. The maximum Gasteiger partial charge on any atom is 0.229 e. The first-order valence-electron chi connectivity index (χ1n) is 10.3. The van der Waals surface area contributed by atoms with Crippen LogP contribution >= 0.6 is 11.6 Å². The molecule has 1 N–H and O–H groups in total. The zero-order valence-electron chi connectivity index (χ0n) is 16.5. The lowest BCUT2D eigenvalue weighted by molar-refractivity contribution is -0.154. The molecule has 3 unspecified atom stereocenters. The number of allylic oxidation sites excluding steroid dienone is 1. The number of hydrogen-bond donors (Lipinski definition) is 1. The van der Waals surface area contributed by atoms with E-state index in [4.69, 9.17) is 11.6 Å². The molecule has 4 heteroatoms. The minimum Gasteiger partial charge on any atom is -0.393 e. The standard InChI is InChI=1S/C23H32ClNO2/c1-4-13-23(3)14-12-20(16-8-10-18(24)11-9-16)25(22(23)27)19(5-2)15-21(26)17-6-7-17/h4,8-11,17,19-21,26H,1,5-7,12-15H2,2-3H3/t19?,20?,21?,23-/m0/s1. The van der Waals surface area contributed by atoms with Gasteiger partial charge in [0, 0.05) is 11.1 Å². The van der Waals surface area contributed by atoms with Gasteiger partial charge in [-0.15, -0.1) is 6.58 Å². The van der Waals surface area contributed by atoms with Crippen LogP contribution in [0.1, 0.15) is 70.4 Å². The number of piperidine rings is 1. The Balaban J connectivity index is 1.91. The Kier molecular flexibility index (Phi) is 6.32. The first-order chi connectivity index (χ1) is 12.9. The second-order valence-electron chi connectivity index (χ2n) is 8.57. The highest BCUT2D eigenvalue weighted by Gasteiger charge is 2.46. The number of rotatable bonds is 8. The number of halogens is 1. The summed E-state index contributed by atoms with van der Waals surface area (Å²) >= 11 is 6.08. The monoisotopic (exact) mass is 389 g/mol. The maximum atomic E-state index is 13.6. The second kappa shape index (κ2) is 8.36. The van der Waals surface area contributed by atoms with Crippen molar-refractivity contribution in [2.75, 3.05) is 0 Å². The molecule has 3 rings (SSSR count). The molecule has 1 aromatic carbocycles. The number of carbonyl (C=O) groups is 1. The number of aliphatic hydroxyl groups excluding tert-OH is 1. The van der Waals surface area contributed by atoms with Crippen LogP contribution in [0, 0.1) is 11.3 Å². The molecule has 1 aliphatic carbocycles. The molecule has 1 aromatic rings. The third kappa shape index (κ3) is 4.41. The summed E-state index contributed by atoms with van der Waals surface area (Å²) in [6, 6.07) is 7.97. The molecule has 1 aliphatic heterocycles.